The van der Waals surface area contributed by atoms with Crippen molar-refractivity contribution in [2.75, 3.05) is 17.7 Å². The van der Waals surface area contributed by atoms with Gasteiger partial charge in [-0.3, -0.25) is 14.9 Å². The third kappa shape index (κ3) is 4.02. The highest BCUT2D eigenvalue weighted by Gasteiger charge is 2.50. The molecule has 3 atom stereocenters. The zero-order valence-electron chi connectivity index (χ0n) is 18.4. The van der Waals surface area contributed by atoms with Gasteiger partial charge in [-0.1, -0.05) is 42.5 Å². The second-order valence-electron chi connectivity index (χ2n) is 8.70. The van der Waals surface area contributed by atoms with Crippen LogP contribution in [0.5, 0.6) is 5.75 Å². The van der Waals surface area contributed by atoms with E-state index in [-0.39, 0.29) is 17.7 Å². The maximum absolute atomic E-state index is 13.2. The summed E-state index contributed by atoms with van der Waals surface area (Å²) in [6.45, 7) is 2.02. The fourth-order valence-corrected chi connectivity index (χ4v) is 5.44. The van der Waals surface area contributed by atoms with Crippen LogP contribution in [-0.2, 0) is 4.79 Å². The molecule has 2 amide bonds. The summed E-state index contributed by atoms with van der Waals surface area (Å²) < 4.78 is 5.18. The monoisotopic (exact) mass is 460 g/mol. The molecule has 1 fully saturated rings. The molecule has 8 heteroatoms. The van der Waals surface area contributed by atoms with Crippen molar-refractivity contribution >= 4 is 34.0 Å². The fraction of sp³-hybridized carbons (Fsp3) is 0.280. The number of carbonyl (C=O) groups excluding carboxylic acids is 2. The molecule has 2 N–H and O–H groups in total. The molecule has 0 spiro atoms. The molecule has 1 heterocycles. The summed E-state index contributed by atoms with van der Waals surface area (Å²) in [5, 5.41) is 15.2. The lowest BCUT2D eigenvalue weighted by Crippen LogP contribution is -2.37. The maximum Gasteiger partial charge on any atom is 0.259 e. The molecule has 0 radical (unpaired) electrons. The average Bonchev–Trinajstić information content (AvgIpc) is 3.56. The molecule has 33 heavy (non-hydrogen) atoms. The smallest absolute Gasteiger partial charge is 0.259 e. The Morgan fingerprint density at radius 2 is 1.85 bits per heavy atom. The summed E-state index contributed by atoms with van der Waals surface area (Å²) in [5.41, 5.74) is 1.31. The first-order chi connectivity index (χ1) is 16.0. The summed E-state index contributed by atoms with van der Waals surface area (Å²) in [5.74, 6) is 1.09. The second kappa shape index (κ2) is 8.44. The van der Waals surface area contributed by atoms with Crippen LogP contribution in [0.1, 0.15) is 30.1 Å². The molecule has 0 unspecified atom stereocenters. The van der Waals surface area contributed by atoms with Crippen LogP contribution in [-0.4, -0.2) is 29.1 Å². The Hall–Kier alpha value is -3.52. The number of carbonyl (C=O) groups is 2. The van der Waals surface area contributed by atoms with Crippen LogP contribution in [0.3, 0.4) is 0 Å². The number of aromatic nitrogens is 2. The number of hydrogen-bond acceptors (Lipinski definition) is 6. The Morgan fingerprint density at radius 1 is 1.06 bits per heavy atom. The van der Waals surface area contributed by atoms with Gasteiger partial charge in [0.25, 0.3) is 5.91 Å². The number of methoxy groups -OCH3 is 1. The predicted octanol–water partition coefficient (Wildman–Crippen LogP) is 5.01. The number of fused-ring (bicyclic) bond motifs is 2. The Bertz CT molecular complexity index is 1240. The second-order valence-corrected chi connectivity index (χ2v) is 9.68. The number of benzene rings is 2. The van der Waals surface area contributed by atoms with Gasteiger partial charge in [0.2, 0.25) is 11.0 Å². The van der Waals surface area contributed by atoms with Crippen LogP contribution < -0.4 is 15.4 Å². The molecule has 5 rings (SSSR count). The van der Waals surface area contributed by atoms with Gasteiger partial charge in [0.15, 0.2) is 0 Å². The minimum absolute atomic E-state index is 0.0442. The van der Waals surface area contributed by atoms with E-state index < -0.39 is 5.41 Å². The van der Waals surface area contributed by atoms with E-state index in [0.717, 1.165) is 24.2 Å². The van der Waals surface area contributed by atoms with Crippen molar-refractivity contribution in [3.05, 3.63) is 66.2 Å². The summed E-state index contributed by atoms with van der Waals surface area (Å²) in [4.78, 5) is 26.2. The Labute approximate surface area is 195 Å². The van der Waals surface area contributed by atoms with Crippen molar-refractivity contribution in [1.82, 2.24) is 10.2 Å². The van der Waals surface area contributed by atoms with Gasteiger partial charge in [0.1, 0.15) is 10.8 Å². The molecule has 7 nitrogen and oxygen atoms in total. The zero-order chi connectivity index (χ0) is 23.0. The molecule has 168 valence electrons. The molecule has 1 saturated carbocycles. The molecule has 3 aromatic rings. The number of allylic oxidation sites excluding steroid dienone is 2. The fourth-order valence-electron chi connectivity index (χ4n) is 4.70. The van der Waals surface area contributed by atoms with Crippen molar-refractivity contribution in [3.8, 4) is 16.3 Å². The highest BCUT2D eigenvalue weighted by Crippen LogP contribution is 2.52. The maximum atomic E-state index is 13.2. The summed E-state index contributed by atoms with van der Waals surface area (Å²) >= 11 is 1.28. The summed E-state index contributed by atoms with van der Waals surface area (Å²) in [6, 6.07) is 14.5. The number of rotatable bonds is 6. The zero-order valence-corrected chi connectivity index (χ0v) is 19.2. The largest absolute Gasteiger partial charge is 0.497 e. The Balaban J connectivity index is 1.30. The van der Waals surface area contributed by atoms with Crippen molar-refractivity contribution in [1.29, 1.82) is 0 Å². The Kier molecular flexibility index (Phi) is 5.46. The van der Waals surface area contributed by atoms with E-state index in [0.29, 0.717) is 27.3 Å². The quantitative estimate of drug-likeness (QED) is 0.505. The highest BCUT2D eigenvalue weighted by molar-refractivity contribution is 7.18. The van der Waals surface area contributed by atoms with Crippen molar-refractivity contribution in [3.63, 3.8) is 0 Å². The minimum atomic E-state index is -0.449. The standard InChI is InChI=1S/C25H24N4O3S/c1-25(14-15-7-10-17(25)13-15)23(31)26-20-6-4-3-5-19(20)21(30)27-24-29-28-22(33-24)16-8-11-18(32-2)12-9-16/h3-12,15,17H,13-14H2,1-2H3,(H,26,31)(H,27,29,30)/t15-,17-,25-/m0/s1. The third-order valence-electron chi connectivity index (χ3n) is 6.60. The summed E-state index contributed by atoms with van der Waals surface area (Å²) in [6.07, 6.45) is 6.23. The van der Waals surface area contributed by atoms with E-state index in [1.54, 1.807) is 25.3 Å². The van der Waals surface area contributed by atoms with E-state index in [1.807, 2.05) is 37.3 Å². The lowest BCUT2D eigenvalue weighted by atomic mass is 9.76. The predicted molar refractivity (Wildman–Crippen MR) is 128 cm³/mol. The van der Waals surface area contributed by atoms with Gasteiger partial charge in [0, 0.05) is 5.56 Å². The first-order valence-corrected chi connectivity index (χ1v) is 11.7. The molecule has 2 bridgehead atoms. The molecule has 0 saturated heterocycles. The van der Waals surface area contributed by atoms with Gasteiger partial charge in [-0.2, -0.15) is 0 Å². The molecule has 2 aromatic carbocycles. The van der Waals surface area contributed by atoms with Crippen LogP contribution >= 0.6 is 11.3 Å². The third-order valence-corrected chi connectivity index (χ3v) is 7.49. The number of nitrogens with one attached hydrogen (secondary N) is 2. The molecule has 2 aliphatic carbocycles. The van der Waals surface area contributed by atoms with Gasteiger partial charge in [-0.15, -0.1) is 10.2 Å². The van der Waals surface area contributed by atoms with Gasteiger partial charge < -0.3 is 10.1 Å². The number of hydrogen-bond donors (Lipinski definition) is 2. The number of ether oxygens (including phenoxy) is 1. The Morgan fingerprint density at radius 3 is 2.55 bits per heavy atom. The van der Waals surface area contributed by atoms with Gasteiger partial charge in [-0.05, 0) is 61.1 Å². The molecule has 1 aromatic heterocycles. The molecule has 2 aliphatic rings. The molecular formula is C25H24N4O3S. The van der Waals surface area contributed by atoms with Crippen LogP contribution in [0.15, 0.2) is 60.7 Å². The SMILES string of the molecule is COc1ccc(-c2nnc(NC(=O)c3ccccc3NC(=O)[C@@]3(C)C[C@H]4C=C[C@H]3C4)s2)cc1. The van der Waals surface area contributed by atoms with E-state index in [2.05, 4.69) is 33.0 Å². The number of amides is 2. The number of para-hydroxylation sites is 1. The van der Waals surface area contributed by atoms with Crippen LogP contribution in [0.25, 0.3) is 10.6 Å². The topological polar surface area (TPSA) is 93.2 Å². The van der Waals surface area contributed by atoms with Crippen LogP contribution in [0.4, 0.5) is 10.8 Å². The summed E-state index contributed by atoms with van der Waals surface area (Å²) in [7, 11) is 1.61. The first-order valence-electron chi connectivity index (χ1n) is 10.8. The minimum Gasteiger partial charge on any atom is -0.497 e. The molecular weight excluding hydrogens is 436 g/mol. The highest BCUT2D eigenvalue weighted by atomic mass is 32.1. The molecule has 0 aliphatic heterocycles. The van der Waals surface area contributed by atoms with Gasteiger partial charge >= 0.3 is 0 Å². The van der Waals surface area contributed by atoms with E-state index in [4.69, 9.17) is 4.74 Å². The first kappa shape index (κ1) is 21.3. The lowest BCUT2D eigenvalue weighted by molar-refractivity contribution is -0.126. The lowest BCUT2D eigenvalue weighted by Gasteiger charge is -2.30. The van der Waals surface area contributed by atoms with Crippen LogP contribution in [0.2, 0.25) is 0 Å². The van der Waals surface area contributed by atoms with Crippen molar-refractivity contribution < 1.29 is 14.3 Å². The van der Waals surface area contributed by atoms with Crippen molar-refractivity contribution in [2.24, 2.45) is 17.3 Å². The van der Waals surface area contributed by atoms with Crippen molar-refractivity contribution in [2.45, 2.75) is 19.8 Å². The number of nitrogens with zero attached hydrogens (tertiary/aromatic N) is 2. The van der Waals surface area contributed by atoms with Gasteiger partial charge in [0.05, 0.1) is 23.8 Å². The normalized spacial score (nSPS) is 22.8. The van der Waals surface area contributed by atoms with E-state index in [9.17, 15) is 9.59 Å². The average molecular weight is 461 g/mol. The van der Waals surface area contributed by atoms with Crippen LogP contribution in [0, 0.1) is 17.3 Å². The van der Waals surface area contributed by atoms with E-state index in [1.165, 1.54) is 11.3 Å². The van der Waals surface area contributed by atoms with Gasteiger partial charge in [-0.25, -0.2) is 0 Å². The van der Waals surface area contributed by atoms with E-state index >= 15 is 0 Å². The number of anilines is 2.